The number of aromatic nitrogens is 3. The Balaban J connectivity index is 1.97. The van der Waals surface area contributed by atoms with Crippen molar-refractivity contribution in [2.75, 3.05) is 0 Å². The van der Waals surface area contributed by atoms with Crippen molar-refractivity contribution in [2.45, 2.75) is 13.0 Å². The van der Waals surface area contributed by atoms with E-state index in [1.54, 1.807) is 12.3 Å². The van der Waals surface area contributed by atoms with Crippen molar-refractivity contribution in [3.63, 3.8) is 0 Å². The van der Waals surface area contributed by atoms with E-state index in [9.17, 15) is 4.39 Å². The van der Waals surface area contributed by atoms with Crippen LogP contribution in [0.25, 0.3) is 11.0 Å². The highest BCUT2D eigenvalue weighted by molar-refractivity contribution is 7.71. The lowest BCUT2D eigenvalue weighted by Gasteiger charge is -2.05. The van der Waals surface area contributed by atoms with Crippen LogP contribution in [-0.2, 0) is 13.0 Å². The number of rotatable bonds is 3. The number of pyridine rings is 1. The van der Waals surface area contributed by atoms with Gasteiger partial charge in [0.05, 0.1) is 16.1 Å². The average molecular weight is 308 g/mol. The molecule has 1 aromatic carbocycles. The molecule has 6 heteroatoms. The highest BCUT2D eigenvalue weighted by Crippen LogP contribution is 2.23. The molecule has 0 aliphatic heterocycles. The standard InChI is InChI=1S/C14H11ClFN3S/c15-10-6-12-13(7-11(10)16)19(14(20)18-12)5-3-9-2-1-4-17-8-9/h1-2,4,6-8H,3,5H2,(H,18,20). The zero-order chi connectivity index (χ0) is 14.1. The number of fused-ring (bicyclic) bond motifs is 1. The summed E-state index contributed by atoms with van der Waals surface area (Å²) in [6, 6.07) is 6.86. The molecule has 0 radical (unpaired) electrons. The van der Waals surface area contributed by atoms with Crippen LogP contribution in [0, 0.1) is 10.6 Å². The Bertz CT molecular complexity index is 810. The molecule has 0 spiro atoms. The van der Waals surface area contributed by atoms with Crippen LogP contribution in [0.5, 0.6) is 0 Å². The smallest absolute Gasteiger partial charge is 0.178 e. The number of aromatic amines is 1. The van der Waals surface area contributed by atoms with Gasteiger partial charge < -0.3 is 9.55 Å². The Morgan fingerprint density at radius 1 is 1.40 bits per heavy atom. The van der Waals surface area contributed by atoms with Crippen molar-refractivity contribution in [1.29, 1.82) is 0 Å². The fraction of sp³-hybridized carbons (Fsp3) is 0.143. The van der Waals surface area contributed by atoms with Crippen LogP contribution in [0.3, 0.4) is 0 Å². The predicted octanol–water partition coefficient (Wildman–Crippen LogP) is 4.13. The maximum atomic E-state index is 13.6. The quantitative estimate of drug-likeness (QED) is 0.738. The number of nitrogens with one attached hydrogen (secondary N) is 1. The fourth-order valence-corrected chi connectivity index (χ4v) is 2.62. The number of nitrogens with zero attached hydrogens (tertiary/aromatic N) is 2. The second kappa shape index (κ2) is 5.34. The van der Waals surface area contributed by atoms with Crippen molar-refractivity contribution in [2.24, 2.45) is 0 Å². The second-order valence-electron chi connectivity index (χ2n) is 4.48. The molecule has 1 N–H and O–H groups in total. The predicted molar refractivity (Wildman–Crippen MR) is 80.0 cm³/mol. The van der Waals surface area contributed by atoms with E-state index in [4.69, 9.17) is 23.8 Å². The third kappa shape index (κ3) is 2.46. The summed E-state index contributed by atoms with van der Waals surface area (Å²) in [6.45, 7) is 0.658. The van der Waals surface area contributed by atoms with E-state index in [2.05, 4.69) is 9.97 Å². The molecular weight excluding hydrogens is 297 g/mol. The van der Waals surface area contributed by atoms with E-state index >= 15 is 0 Å². The zero-order valence-electron chi connectivity index (χ0n) is 10.4. The number of halogens is 2. The lowest BCUT2D eigenvalue weighted by Crippen LogP contribution is -2.01. The second-order valence-corrected chi connectivity index (χ2v) is 5.27. The van der Waals surface area contributed by atoms with Crippen LogP contribution < -0.4 is 0 Å². The zero-order valence-corrected chi connectivity index (χ0v) is 12.0. The number of hydrogen-bond acceptors (Lipinski definition) is 2. The number of benzene rings is 1. The molecule has 3 rings (SSSR count). The van der Waals surface area contributed by atoms with E-state index in [0.717, 1.165) is 23.0 Å². The van der Waals surface area contributed by atoms with Crippen molar-refractivity contribution in [3.05, 3.63) is 57.8 Å². The number of imidazole rings is 1. The first kappa shape index (κ1) is 13.3. The Morgan fingerprint density at radius 3 is 3.00 bits per heavy atom. The summed E-state index contributed by atoms with van der Waals surface area (Å²) >= 11 is 11.1. The van der Waals surface area contributed by atoms with Crippen LogP contribution >= 0.6 is 23.8 Å². The molecule has 0 saturated carbocycles. The Labute approximate surface area is 125 Å². The normalized spacial score (nSPS) is 11.1. The van der Waals surface area contributed by atoms with Gasteiger partial charge >= 0.3 is 0 Å². The summed E-state index contributed by atoms with van der Waals surface area (Å²) in [5, 5.41) is 0.0909. The van der Waals surface area contributed by atoms with Crippen LogP contribution in [0.4, 0.5) is 4.39 Å². The monoisotopic (exact) mass is 307 g/mol. The van der Waals surface area contributed by atoms with Gasteiger partial charge in [0.25, 0.3) is 0 Å². The van der Waals surface area contributed by atoms with Crippen LogP contribution in [0.15, 0.2) is 36.7 Å². The molecule has 20 heavy (non-hydrogen) atoms. The van der Waals surface area contributed by atoms with Gasteiger partial charge in [0, 0.05) is 25.0 Å². The van der Waals surface area contributed by atoms with E-state index in [-0.39, 0.29) is 5.02 Å². The molecule has 0 saturated heterocycles. The van der Waals surface area contributed by atoms with Crippen molar-refractivity contribution < 1.29 is 4.39 Å². The minimum Gasteiger partial charge on any atom is -0.331 e. The van der Waals surface area contributed by atoms with Gasteiger partial charge in [-0.2, -0.15) is 0 Å². The van der Waals surface area contributed by atoms with E-state index in [1.807, 2.05) is 22.9 Å². The summed E-state index contributed by atoms with van der Waals surface area (Å²) in [5.74, 6) is -0.441. The first-order valence-corrected chi connectivity index (χ1v) is 6.90. The van der Waals surface area contributed by atoms with Crippen molar-refractivity contribution in [1.82, 2.24) is 14.5 Å². The molecule has 3 aromatic rings. The summed E-state index contributed by atoms with van der Waals surface area (Å²) in [7, 11) is 0. The average Bonchev–Trinajstić information content (AvgIpc) is 2.73. The fourth-order valence-electron chi connectivity index (χ4n) is 2.16. The third-order valence-electron chi connectivity index (χ3n) is 3.16. The van der Waals surface area contributed by atoms with E-state index < -0.39 is 5.82 Å². The maximum absolute atomic E-state index is 13.6. The van der Waals surface area contributed by atoms with Gasteiger partial charge in [-0.25, -0.2) is 4.39 Å². The van der Waals surface area contributed by atoms with Crippen molar-refractivity contribution in [3.8, 4) is 0 Å². The van der Waals surface area contributed by atoms with Gasteiger partial charge in [0.2, 0.25) is 0 Å². The lowest BCUT2D eigenvalue weighted by molar-refractivity contribution is 0.627. The summed E-state index contributed by atoms with van der Waals surface area (Å²) in [4.78, 5) is 7.12. The highest BCUT2D eigenvalue weighted by Gasteiger charge is 2.09. The van der Waals surface area contributed by atoms with Gasteiger partial charge in [-0.3, -0.25) is 4.98 Å². The molecule has 102 valence electrons. The maximum Gasteiger partial charge on any atom is 0.178 e. The molecule has 2 heterocycles. The molecule has 0 unspecified atom stereocenters. The number of H-pyrrole nitrogens is 1. The lowest BCUT2D eigenvalue weighted by atomic mass is 10.2. The minimum absolute atomic E-state index is 0.0909. The van der Waals surface area contributed by atoms with Gasteiger partial charge in [0.1, 0.15) is 5.82 Å². The van der Waals surface area contributed by atoms with E-state index in [0.29, 0.717) is 11.3 Å². The molecule has 3 nitrogen and oxygen atoms in total. The van der Waals surface area contributed by atoms with E-state index in [1.165, 1.54) is 6.07 Å². The molecule has 0 bridgehead atoms. The molecule has 2 aromatic heterocycles. The first-order valence-electron chi connectivity index (χ1n) is 6.11. The summed E-state index contributed by atoms with van der Waals surface area (Å²) in [6.07, 6.45) is 4.33. The molecule has 0 aliphatic rings. The van der Waals surface area contributed by atoms with Gasteiger partial charge in [-0.1, -0.05) is 17.7 Å². The molecular formula is C14H11ClFN3S. The van der Waals surface area contributed by atoms with Gasteiger partial charge in [-0.15, -0.1) is 0 Å². The van der Waals surface area contributed by atoms with Crippen LogP contribution in [0.2, 0.25) is 5.02 Å². The number of hydrogen-bond donors (Lipinski definition) is 1. The molecule has 0 atom stereocenters. The molecule has 0 fully saturated rings. The topological polar surface area (TPSA) is 33.6 Å². The Hall–Kier alpha value is -1.72. The van der Waals surface area contributed by atoms with Gasteiger partial charge in [-0.05, 0) is 36.3 Å². The highest BCUT2D eigenvalue weighted by atomic mass is 35.5. The first-order chi connectivity index (χ1) is 9.65. The summed E-state index contributed by atoms with van der Waals surface area (Å²) in [5.41, 5.74) is 2.58. The third-order valence-corrected chi connectivity index (χ3v) is 3.78. The minimum atomic E-state index is -0.441. The molecule has 0 aliphatic carbocycles. The Morgan fingerprint density at radius 2 is 2.25 bits per heavy atom. The Kier molecular flexibility index (Phi) is 3.54. The van der Waals surface area contributed by atoms with Crippen molar-refractivity contribution >= 4 is 34.9 Å². The SMILES string of the molecule is Fc1cc2c(cc1Cl)[nH]c(=S)n2CCc1cccnc1. The van der Waals surface area contributed by atoms with Crippen LogP contribution in [-0.4, -0.2) is 14.5 Å². The number of aryl methyl sites for hydroxylation is 2. The largest absolute Gasteiger partial charge is 0.331 e. The van der Waals surface area contributed by atoms with Gasteiger partial charge in [0.15, 0.2) is 4.77 Å². The molecule has 0 amide bonds. The summed E-state index contributed by atoms with van der Waals surface area (Å²) < 4.78 is 16.0. The van der Waals surface area contributed by atoms with Crippen LogP contribution in [0.1, 0.15) is 5.56 Å².